The Bertz CT molecular complexity index is 338. The molecule has 0 spiro atoms. The molecule has 18 heavy (non-hydrogen) atoms. The van der Waals surface area contributed by atoms with Crippen LogP contribution in [0.1, 0.15) is 45.4 Å². The third kappa shape index (κ3) is 3.44. The van der Waals surface area contributed by atoms with Crippen LogP contribution < -0.4 is 0 Å². The van der Waals surface area contributed by atoms with E-state index in [1.807, 2.05) is 6.08 Å². The number of hydrogen-bond donors (Lipinski definition) is 0. The maximum absolute atomic E-state index is 5.74. The molecule has 2 aliphatic rings. The van der Waals surface area contributed by atoms with Crippen LogP contribution in [-0.2, 0) is 4.74 Å². The van der Waals surface area contributed by atoms with Crippen molar-refractivity contribution in [3.8, 4) is 0 Å². The maximum Gasteiger partial charge on any atom is 0.214 e. The zero-order chi connectivity index (χ0) is 12.8. The lowest BCUT2D eigenvalue weighted by Gasteiger charge is -2.27. The lowest BCUT2D eigenvalue weighted by atomic mass is 9.81. The van der Waals surface area contributed by atoms with Crippen LogP contribution in [0.15, 0.2) is 21.9 Å². The van der Waals surface area contributed by atoms with Gasteiger partial charge in [0.05, 0.1) is 6.61 Å². The van der Waals surface area contributed by atoms with Crippen molar-refractivity contribution >= 4 is 12.4 Å². The van der Waals surface area contributed by atoms with Gasteiger partial charge in [-0.25, -0.2) is 4.99 Å². The van der Waals surface area contributed by atoms with E-state index in [1.54, 1.807) is 0 Å². The van der Waals surface area contributed by atoms with Gasteiger partial charge >= 0.3 is 0 Å². The SMILES string of the molecule is C=N/C(=C\C(=NCC)C1CCC1)OCC1CCC1. The Balaban J connectivity index is 1.91. The molecule has 2 rings (SSSR count). The summed E-state index contributed by atoms with van der Waals surface area (Å²) in [5.74, 6) is 2.00. The van der Waals surface area contributed by atoms with Crippen molar-refractivity contribution in [2.75, 3.05) is 13.2 Å². The van der Waals surface area contributed by atoms with Gasteiger partial charge in [-0.05, 0) is 45.2 Å². The second-order valence-electron chi connectivity index (χ2n) is 5.28. The molecule has 0 heterocycles. The van der Waals surface area contributed by atoms with E-state index in [4.69, 9.17) is 4.74 Å². The van der Waals surface area contributed by atoms with Gasteiger partial charge in [-0.2, -0.15) is 0 Å². The van der Waals surface area contributed by atoms with E-state index in [1.165, 1.54) is 38.5 Å². The summed E-state index contributed by atoms with van der Waals surface area (Å²) >= 11 is 0. The Morgan fingerprint density at radius 1 is 1.28 bits per heavy atom. The Morgan fingerprint density at radius 3 is 2.44 bits per heavy atom. The highest BCUT2D eigenvalue weighted by molar-refractivity contribution is 5.97. The fourth-order valence-electron chi connectivity index (χ4n) is 2.30. The van der Waals surface area contributed by atoms with Crippen LogP contribution in [0.25, 0.3) is 0 Å². The number of rotatable bonds is 7. The highest BCUT2D eigenvalue weighted by Crippen LogP contribution is 2.30. The maximum atomic E-state index is 5.74. The van der Waals surface area contributed by atoms with Crippen LogP contribution in [0, 0.1) is 11.8 Å². The van der Waals surface area contributed by atoms with Gasteiger partial charge in [0, 0.05) is 24.3 Å². The molecule has 3 heteroatoms. The summed E-state index contributed by atoms with van der Waals surface area (Å²) in [6.45, 7) is 7.29. The molecule has 0 aliphatic heterocycles. The van der Waals surface area contributed by atoms with Crippen LogP contribution in [0.5, 0.6) is 0 Å². The molecular weight excluding hydrogens is 224 g/mol. The second kappa shape index (κ2) is 6.72. The Morgan fingerprint density at radius 2 is 2.00 bits per heavy atom. The quantitative estimate of drug-likeness (QED) is 0.500. The highest BCUT2D eigenvalue weighted by atomic mass is 16.5. The van der Waals surface area contributed by atoms with Gasteiger partial charge in [0.1, 0.15) is 0 Å². The summed E-state index contributed by atoms with van der Waals surface area (Å²) in [5, 5.41) is 0. The molecule has 0 aromatic heterocycles. The molecule has 0 aromatic carbocycles. The minimum Gasteiger partial charge on any atom is -0.477 e. The monoisotopic (exact) mass is 248 g/mol. The molecule has 0 radical (unpaired) electrons. The molecule has 0 unspecified atom stereocenters. The van der Waals surface area contributed by atoms with Gasteiger partial charge in [0.2, 0.25) is 5.88 Å². The summed E-state index contributed by atoms with van der Waals surface area (Å²) in [6.07, 6.45) is 9.76. The number of ether oxygens (including phenoxy) is 1. The minimum atomic E-state index is 0.619. The van der Waals surface area contributed by atoms with E-state index < -0.39 is 0 Å². The van der Waals surface area contributed by atoms with Crippen molar-refractivity contribution in [1.82, 2.24) is 0 Å². The first-order chi connectivity index (χ1) is 8.83. The molecule has 0 saturated heterocycles. The van der Waals surface area contributed by atoms with Gasteiger partial charge in [-0.3, -0.25) is 4.99 Å². The lowest BCUT2D eigenvalue weighted by Crippen LogP contribution is -2.22. The summed E-state index contributed by atoms with van der Waals surface area (Å²) in [4.78, 5) is 8.56. The smallest absolute Gasteiger partial charge is 0.214 e. The Labute approximate surface area is 110 Å². The molecule has 0 bridgehead atoms. The minimum absolute atomic E-state index is 0.619. The average Bonchev–Trinajstić information content (AvgIpc) is 2.23. The van der Waals surface area contributed by atoms with Crippen molar-refractivity contribution in [2.45, 2.75) is 45.4 Å². The standard InChI is InChI=1S/C15H24N2O/c1-3-17-14(13-8-5-9-13)10-15(16-2)18-11-12-6-4-7-12/h10,12-13H,2-9,11H2,1H3/b15-10+,17-14?. The first-order valence-electron chi connectivity index (χ1n) is 7.19. The van der Waals surface area contributed by atoms with Crippen molar-refractivity contribution in [2.24, 2.45) is 21.8 Å². The number of allylic oxidation sites excluding steroid dienone is 1. The predicted molar refractivity (Wildman–Crippen MR) is 76.2 cm³/mol. The molecule has 2 saturated carbocycles. The second-order valence-corrected chi connectivity index (χ2v) is 5.28. The van der Waals surface area contributed by atoms with Gasteiger partial charge < -0.3 is 4.74 Å². The van der Waals surface area contributed by atoms with E-state index in [-0.39, 0.29) is 0 Å². The zero-order valence-corrected chi connectivity index (χ0v) is 11.4. The van der Waals surface area contributed by atoms with E-state index in [0.717, 1.165) is 24.8 Å². The highest BCUT2D eigenvalue weighted by Gasteiger charge is 2.23. The summed E-state index contributed by atoms with van der Waals surface area (Å²) in [7, 11) is 0. The van der Waals surface area contributed by atoms with Crippen LogP contribution in [0.4, 0.5) is 0 Å². The van der Waals surface area contributed by atoms with E-state index in [0.29, 0.717) is 11.8 Å². The largest absolute Gasteiger partial charge is 0.477 e. The number of aliphatic imine (C=N–C) groups is 2. The predicted octanol–water partition coefficient (Wildman–Crippen LogP) is 3.61. The molecular formula is C15H24N2O. The van der Waals surface area contributed by atoms with Gasteiger partial charge in [0.15, 0.2) is 0 Å². The fraction of sp³-hybridized carbons (Fsp3) is 0.733. The van der Waals surface area contributed by atoms with Crippen LogP contribution >= 0.6 is 0 Å². The number of hydrogen-bond acceptors (Lipinski definition) is 3. The van der Waals surface area contributed by atoms with Gasteiger partial charge in [0.25, 0.3) is 0 Å². The topological polar surface area (TPSA) is 34.0 Å². The first kappa shape index (κ1) is 13.3. The lowest BCUT2D eigenvalue weighted by molar-refractivity contribution is 0.121. The molecule has 3 nitrogen and oxygen atoms in total. The van der Waals surface area contributed by atoms with Crippen LogP contribution in [0.3, 0.4) is 0 Å². The third-order valence-electron chi connectivity index (χ3n) is 3.98. The van der Waals surface area contributed by atoms with Crippen molar-refractivity contribution in [1.29, 1.82) is 0 Å². The number of nitrogens with zero attached hydrogens (tertiary/aromatic N) is 2. The molecule has 0 atom stereocenters. The molecule has 0 amide bonds. The van der Waals surface area contributed by atoms with E-state index in [2.05, 4.69) is 23.6 Å². The van der Waals surface area contributed by atoms with Crippen LogP contribution in [0.2, 0.25) is 0 Å². The molecule has 0 N–H and O–H groups in total. The summed E-state index contributed by atoms with van der Waals surface area (Å²) in [5.41, 5.74) is 1.15. The van der Waals surface area contributed by atoms with E-state index >= 15 is 0 Å². The normalized spacial score (nSPS) is 22.3. The summed E-state index contributed by atoms with van der Waals surface area (Å²) in [6, 6.07) is 0. The van der Waals surface area contributed by atoms with Gasteiger partial charge in [-0.1, -0.05) is 12.8 Å². The molecule has 2 aliphatic carbocycles. The van der Waals surface area contributed by atoms with Crippen molar-refractivity contribution in [3.05, 3.63) is 12.0 Å². The van der Waals surface area contributed by atoms with E-state index in [9.17, 15) is 0 Å². The zero-order valence-electron chi connectivity index (χ0n) is 11.4. The fourth-order valence-corrected chi connectivity index (χ4v) is 2.30. The molecule has 100 valence electrons. The summed E-state index contributed by atoms with van der Waals surface area (Å²) < 4.78 is 5.74. The van der Waals surface area contributed by atoms with Crippen molar-refractivity contribution < 1.29 is 4.74 Å². The third-order valence-corrected chi connectivity index (χ3v) is 3.98. The Kier molecular flexibility index (Phi) is 4.97. The Hall–Kier alpha value is -1.12. The molecule has 0 aromatic rings. The average molecular weight is 248 g/mol. The molecule has 2 fully saturated rings. The first-order valence-corrected chi connectivity index (χ1v) is 7.19. The van der Waals surface area contributed by atoms with Crippen molar-refractivity contribution in [3.63, 3.8) is 0 Å². The van der Waals surface area contributed by atoms with Crippen LogP contribution in [-0.4, -0.2) is 25.6 Å². The van der Waals surface area contributed by atoms with Gasteiger partial charge in [-0.15, -0.1) is 0 Å².